The normalized spacial score (nSPS) is 25.1. The highest BCUT2D eigenvalue weighted by Crippen LogP contribution is 2.43. The third-order valence-corrected chi connectivity index (χ3v) is 4.22. The molecule has 0 amide bonds. The summed E-state index contributed by atoms with van der Waals surface area (Å²) in [5.41, 5.74) is 0.120. The molecule has 0 N–H and O–H groups in total. The van der Waals surface area contributed by atoms with Gasteiger partial charge in [-0.3, -0.25) is 0 Å². The number of ether oxygens (including phenoxy) is 1. The number of hydrogen-bond donors (Lipinski definition) is 0. The van der Waals surface area contributed by atoms with E-state index >= 15 is 0 Å². The molecule has 2 heterocycles. The number of benzene rings is 1. The third-order valence-electron chi connectivity index (χ3n) is 3.67. The molecular formula is C14H13Cl2N3O2. The van der Waals surface area contributed by atoms with Crippen LogP contribution in [0.3, 0.4) is 0 Å². The summed E-state index contributed by atoms with van der Waals surface area (Å²) < 4.78 is 7.67. The average Bonchev–Trinajstić information content (AvgIpc) is 3.09. The first-order valence-corrected chi connectivity index (χ1v) is 7.31. The molecule has 1 fully saturated rings. The molecule has 1 aromatic heterocycles. The summed E-state index contributed by atoms with van der Waals surface area (Å²) >= 11 is 12.3. The molecule has 0 saturated carbocycles. The molecule has 2 atom stereocenters. The van der Waals surface area contributed by atoms with E-state index in [4.69, 9.17) is 27.9 Å². The molecule has 1 aromatic carbocycles. The van der Waals surface area contributed by atoms with Gasteiger partial charge in [0, 0.05) is 21.8 Å². The second kappa shape index (κ2) is 5.75. The van der Waals surface area contributed by atoms with Crippen LogP contribution in [-0.4, -0.2) is 27.4 Å². The fourth-order valence-corrected chi connectivity index (χ4v) is 3.30. The van der Waals surface area contributed by atoms with Crippen molar-refractivity contribution in [2.75, 3.05) is 0 Å². The molecule has 110 valence electrons. The SMILES string of the molecule is O=CC1CCC(Cn2ccnn2)(c2ccc(Cl)cc2Cl)O1. The molecule has 7 heteroatoms. The van der Waals surface area contributed by atoms with Crippen LogP contribution >= 0.6 is 23.2 Å². The summed E-state index contributed by atoms with van der Waals surface area (Å²) in [6.45, 7) is 0.443. The fourth-order valence-electron chi connectivity index (χ4n) is 2.72. The molecule has 0 radical (unpaired) electrons. The second-order valence-corrected chi connectivity index (χ2v) is 5.89. The fraction of sp³-hybridized carbons (Fsp3) is 0.357. The Morgan fingerprint density at radius 2 is 2.33 bits per heavy atom. The minimum atomic E-state index is -0.694. The number of rotatable bonds is 4. The van der Waals surface area contributed by atoms with Crippen LogP contribution in [0.1, 0.15) is 18.4 Å². The van der Waals surface area contributed by atoms with Gasteiger partial charge in [0.05, 0.1) is 12.7 Å². The van der Waals surface area contributed by atoms with Crippen LogP contribution < -0.4 is 0 Å². The molecule has 0 spiro atoms. The quantitative estimate of drug-likeness (QED) is 0.811. The lowest BCUT2D eigenvalue weighted by Gasteiger charge is -2.30. The van der Waals surface area contributed by atoms with Crippen molar-refractivity contribution in [3.8, 4) is 0 Å². The summed E-state index contributed by atoms with van der Waals surface area (Å²) in [4.78, 5) is 11.1. The van der Waals surface area contributed by atoms with Gasteiger partial charge in [0.2, 0.25) is 0 Å². The first-order valence-electron chi connectivity index (χ1n) is 6.56. The summed E-state index contributed by atoms with van der Waals surface area (Å²) in [7, 11) is 0. The first kappa shape index (κ1) is 14.5. The minimum Gasteiger partial charge on any atom is -0.358 e. The largest absolute Gasteiger partial charge is 0.358 e. The third kappa shape index (κ3) is 2.81. The van der Waals surface area contributed by atoms with E-state index in [0.29, 0.717) is 29.4 Å². The highest BCUT2D eigenvalue weighted by atomic mass is 35.5. The molecule has 21 heavy (non-hydrogen) atoms. The van der Waals surface area contributed by atoms with Crippen molar-refractivity contribution in [2.45, 2.75) is 31.1 Å². The van der Waals surface area contributed by atoms with E-state index in [1.807, 2.05) is 6.07 Å². The van der Waals surface area contributed by atoms with Crippen LogP contribution in [0.5, 0.6) is 0 Å². The molecule has 2 aromatic rings. The standard InChI is InChI=1S/C14H13Cl2N3O2/c15-10-1-2-12(13(16)7-10)14(4-3-11(8-20)21-14)9-19-6-5-17-18-19/h1-2,5-8,11H,3-4,9H2. The summed E-state index contributed by atoms with van der Waals surface area (Å²) in [6.07, 6.45) is 5.08. The lowest BCUT2D eigenvalue weighted by Crippen LogP contribution is -2.33. The van der Waals surface area contributed by atoms with Gasteiger partial charge in [0.25, 0.3) is 0 Å². The van der Waals surface area contributed by atoms with Crippen molar-refractivity contribution >= 4 is 29.5 Å². The van der Waals surface area contributed by atoms with Crippen molar-refractivity contribution in [1.82, 2.24) is 15.0 Å². The average molecular weight is 326 g/mol. The van der Waals surface area contributed by atoms with Crippen LogP contribution in [0.4, 0.5) is 0 Å². The predicted molar refractivity (Wildman–Crippen MR) is 78.3 cm³/mol. The van der Waals surface area contributed by atoms with E-state index in [2.05, 4.69) is 10.3 Å². The van der Waals surface area contributed by atoms with Crippen molar-refractivity contribution in [3.63, 3.8) is 0 Å². The summed E-state index contributed by atoms with van der Waals surface area (Å²) in [6, 6.07) is 5.29. The molecule has 5 nitrogen and oxygen atoms in total. The molecule has 0 aliphatic carbocycles. The number of carbonyl (C=O) groups is 1. The monoisotopic (exact) mass is 325 g/mol. The molecule has 1 aliphatic rings. The Morgan fingerprint density at radius 3 is 2.95 bits per heavy atom. The van der Waals surface area contributed by atoms with Gasteiger partial charge < -0.3 is 9.53 Å². The van der Waals surface area contributed by atoms with E-state index < -0.39 is 11.7 Å². The maximum Gasteiger partial charge on any atom is 0.148 e. The highest BCUT2D eigenvalue weighted by Gasteiger charge is 2.43. The van der Waals surface area contributed by atoms with Crippen LogP contribution in [0.25, 0.3) is 0 Å². The van der Waals surface area contributed by atoms with Crippen molar-refractivity contribution in [1.29, 1.82) is 0 Å². The lowest BCUT2D eigenvalue weighted by atomic mass is 9.90. The van der Waals surface area contributed by atoms with Crippen LogP contribution in [0.2, 0.25) is 10.0 Å². The highest BCUT2D eigenvalue weighted by molar-refractivity contribution is 6.35. The Balaban J connectivity index is 2.01. The molecule has 2 unspecified atom stereocenters. The smallest absolute Gasteiger partial charge is 0.148 e. The van der Waals surface area contributed by atoms with Crippen molar-refractivity contribution in [3.05, 3.63) is 46.2 Å². The van der Waals surface area contributed by atoms with E-state index in [-0.39, 0.29) is 0 Å². The Bertz CT molecular complexity index is 648. The van der Waals surface area contributed by atoms with Gasteiger partial charge in [0.15, 0.2) is 0 Å². The van der Waals surface area contributed by atoms with E-state index in [9.17, 15) is 4.79 Å². The molecular weight excluding hydrogens is 313 g/mol. The number of halogens is 2. The number of aldehydes is 1. The maximum absolute atomic E-state index is 11.1. The minimum absolute atomic E-state index is 0.430. The summed E-state index contributed by atoms with van der Waals surface area (Å²) in [5.74, 6) is 0. The molecule has 1 saturated heterocycles. The number of hydrogen-bond acceptors (Lipinski definition) is 4. The van der Waals surface area contributed by atoms with Crippen molar-refractivity contribution < 1.29 is 9.53 Å². The molecule has 0 bridgehead atoms. The van der Waals surface area contributed by atoms with Gasteiger partial charge in [-0.2, -0.15) is 0 Å². The van der Waals surface area contributed by atoms with Gasteiger partial charge >= 0.3 is 0 Å². The first-order chi connectivity index (χ1) is 10.1. The Kier molecular flexibility index (Phi) is 3.97. The van der Waals surface area contributed by atoms with Crippen molar-refractivity contribution in [2.24, 2.45) is 0 Å². The van der Waals surface area contributed by atoms with E-state index in [0.717, 1.165) is 11.8 Å². The van der Waals surface area contributed by atoms with Crippen LogP contribution in [-0.2, 0) is 21.7 Å². The number of nitrogens with zero attached hydrogens (tertiary/aromatic N) is 3. The van der Waals surface area contributed by atoms with Gasteiger partial charge in [-0.05, 0) is 25.0 Å². The maximum atomic E-state index is 11.1. The molecule has 3 rings (SSSR count). The van der Waals surface area contributed by atoms with Crippen LogP contribution in [0, 0.1) is 0 Å². The van der Waals surface area contributed by atoms with Crippen LogP contribution in [0.15, 0.2) is 30.6 Å². The van der Waals surface area contributed by atoms with Gasteiger partial charge in [0.1, 0.15) is 18.0 Å². The van der Waals surface area contributed by atoms with E-state index in [1.54, 1.807) is 29.2 Å². The van der Waals surface area contributed by atoms with Gasteiger partial charge in [-0.1, -0.05) is 34.5 Å². The topological polar surface area (TPSA) is 57.0 Å². The lowest BCUT2D eigenvalue weighted by molar-refractivity contribution is -0.124. The zero-order valence-corrected chi connectivity index (χ0v) is 12.6. The molecule has 1 aliphatic heterocycles. The second-order valence-electron chi connectivity index (χ2n) is 5.05. The van der Waals surface area contributed by atoms with Gasteiger partial charge in [-0.25, -0.2) is 4.68 Å². The predicted octanol–water partition coefficient (Wildman–Crippen LogP) is 2.86. The number of carbonyl (C=O) groups excluding carboxylic acids is 1. The zero-order valence-electron chi connectivity index (χ0n) is 11.1. The Labute approximate surface area is 131 Å². The Hall–Kier alpha value is -1.43. The summed E-state index contributed by atoms with van der Waals surface area (Å²) in [5, 5.41) is 8.86. The Morgan fingerprint density at radius 1 is 1.48 bits per heavy atom. The zero-order chi connectivity index (χ0) is 14.9. The van der Waals surface area contributed by atoms with E-state index in [1.165, 1.54) is 0 Å². The van der Waals surface area contributed by atoms with Gasteiger partial charge in [-0.15, -0.1) is 5.10 Å². The number of aromatic nitrogens is 3.